The van der Waals surface area contributed by atoms with Gasteiger partial charge in [0.2, 0.25) is 0 Å². The molecule has 5 atom stereocenters. The Morgan fingerprint density at radius 3 is 2.48 bits per heavy atom. The number of unbranched alkanes of at least 4 members (excludes halogenated alkanes) is 4. The van der Waals surface area contributed by atoms with Crippen LogP contribution in [0, 0.1) is 0 Å². The molecule has 7 heteroatoms. The minimum atomic E-state index is -1.39. The molecule has 0 radical (unpaired) electrons. The number of ether oxygens (including phenoxy) is 2. The van der Waals surface area contributed by atoms with E-state index < -0.39 is 30.6 Å². The second kappa shape index (κ2) is 9.32. The molecule has 0 aromatic carbocycles. The van der Waals surface area contributed by atoms with Crippen LogP contribution in [0.2, 0.25) is 0 Å². The zero-order valence-electron chi connectivity index (χ0n) is 12.5. The molecule has 1 aliphatic rings. The zero-order chi connectivity index (χ0) is 15.8. The number of hydrogen-bond donors (Lipinski definition) is 4. The van der Waals surface area contributed by atoms with E-state index in [2.05, 4.69) is 6.92 Å². The average Bonchev–Trinajstić information content (AvgIpc) is 2.47. The fourth-order valence-corrected chi connectivity index (χ4v) is 2.22. The molecule has 5 N–H and O–H groups in total. The summed E-state index contributed by atoms with van der Waals surface area (Å²) >= 11 is 0. The van der Waals surface area contributed by atoms with Crippen molar-refractivity contribution in [3.05, 3.63) is 0 Å². The lowest BCUT2D eigenvalue weighted by Gasteiger charge is -2.38. The van der Waals surface area contributed by atoms with Gasteiger partial charge in [-0.05, 0) is 6.42 Å². The molecule has 0 saturated carbocycles. The van der Waals surface area contributed by atoms with E-state index >= 15 is 0 Å². The molecule has 0 aromatic heterocycles. The molecule has 21 heavy (non-hydrogen) atoms. The summed E-state index contributed by atoms with van der Waals surface area (Å²) in [4.78, 5) is 11.5. The van der Waals surface area contributed by atoms with Crippen LogP contribution >= 0.6 is 0 Å². The molecule has 0 aliphatic carbocycles. The largest absolute Gasteiger partial charge is 0.463 e. The van der Waals surface area contributed by atoms with E-state index in [-0.39, 0.29) is 12.6 Å². The van der Waals surface area contributed by atoms with E-state index in [1.807, 2.05) is 0 Å². The lowest BCUT2D eigenvalue weighted by Crippen LogP contribution is -2.62. The summed E-state index contributed by atoms with van der Waals surface area (Å²) < 4.78 is 10.0. The molecule has 5 unspecified atom stereocenters. The Labute approximate surface area is 125 Å². The third-order valence-electron chi connectivity index (χ3n) is 3.66. The van der Waals surface area contributed by atoms with E-state index in [9.17, 15) is 20.1 Å². The minimum Gasteiger partial charge on any atom is -0.463 e. The second-order valence-corrected chi connectivity index (χ2v) is 5.47. The van der Waals surface area contributed by atoms with Gasteiger partial charge in [0.1, 0.15) is 24.9 Å². The van der Waals surface area contributed by atoms with Gasteiger partial charge in [-0.3, -0.25) is 4.79 Å². The van der Waals surface area contributed by atoms with Gasteiger partial charge in [0.05, 0.1) is 6.04 Å². The van der Waals surface area contributed by atoms with Crippen LogP contribution in [0.5, 0.6) is 0 Å². The first-order chi connectivity index (χ1) is 9.97. The topological polar surface area (TPSA) is 122 Å². The number of nitrogens with two attached hydrogens (primary N) is 1. The molecule has 0 bridgehead atoms. The third kappa shape index (κ3) is 5.88. The van der Waals surface area contributed by atoms with Gasteiger partial charge in [-0.25, -0.2) is 0 Å². The van der Waals surface area contributed by atoms with E-state index in [1.54, 1.807) is 0 Å². The summed E-state index contributed by atoms with van der Waals surface area (Å²) in [7, 11) is 0. The van der Waals surface area contributed by atoms with E-state index in [1.165, 1.54) is 0 Å². The predicted octanol–water partition coefficient (Wildman–Crippen LogP) is -0.344. The van der Waals surface area contributed by atoms with Crippen LogP contribution in [-0.4, -0.2) is 58.5 Å². The fraction of sp³-hybridized carbons (Fsp3) is 0.929. The Kier molecular flexibility index (Phi) is 8.13. The minimum absolute atomic E-state index is 0.212. The third-order valence-corrected chi connectivity index (χ3v) is 3.66. The number of aliphatic hydroxyl groups excluding tert-OH is 3. The summed E-state index contributed by atoms with van der Waals surface area (Å²) in [6, 6.07) is -1.08. The molecule has 1 fully saturated rings. The fourth-order valence-electron chi connectivity index (χ4n) is 2.22. The lowest BCUT2D eigenvalue weighted by molar-refractivity contribution is -0.251. The predicted molar refractivity (Wildman–Crippen MR) is 75.2 cm³/mol. The van der Waals surface area contributed by atoms with Crippen molar-refractivity contribution < 1.29 is 29.6 Å². The first-order valence-electron chi connectivity index (χ1n) is 7.58. The maximum atomic E-state index is 11.5. The highest BCUT2D eigenvalue weighted by Gasteiger charge is 2.42. The molecule has 7 nitrogen and oxygen atoms in total. The monoisotopic (exact) mass is 305 g/mol. The number of carbonyl (C=O) groups excluding carboxylic acids is 1. The molecule has 1 rings (SSSR count). The number of aliphatic hydroxyl groups is 3. The van der Waals surface area contributed by atoms with E-state index in [0.29, 0.717) is 6.42 Å². The van der Waals surface area contributed by atoms with Crippen molar-refractivity contribution in [3.8, 4) is 0 Å². The molecule has 0 spiro atoms. The standard InChI is InChI=1S/C14H27NO6/c1-2-3-4-5-6-7-10(16)20-8-9-12(17)13(18)11(15)14(19)21-9/h9,11-14,17-19H,2-8,15H2,1H3. The Balaban J connectivity index is 2.23. The van der Waals surface area contributed by atoms with Crippen LogP contribution in [0.25, 0.3) is 0 Å². The molecule has 0 aromatic rings. The Hall–Kier alpha value is -0.730. The van der Waals surface area contributed by atoms with Gasteiger partial charge in [-0.2, -0.15) is 0 Å². The molecular formula is C14H27NO6. The summed E-state index contributed by atoms with van der Waals surface area (Å²) in [5, 5.41) is 28.8. The first kappa shape index (κ1) is 18.3. The number of rotatable bonds is 8. The maximum Gasteiger partial charge on any atom is 0.305 e. The molecule has 0 amide bonds. The van der Waals surface area contributed by atoms with Crippen molar-refractivity contribution in [2.45, 2.75) is 76.1 Å². The lowest BCUT2D eigenvalue weighted by atomic mass is 9.98. The number of hydrogen-bond acceptors (Lipinski definition) is 7. The summed E-state index contributed by atoms with van der Waals surface area (Å²) in [6.07, 6.45) is 0.510. The maximum absolute atomic E-state index is 11.5. The quantitative estimate of drug-likeness (QED) is 0.357. The molecule has 124 valence electrons. The Morgan fingerprint density at radius 2 is 1.81 bits per heavy atom. The first-order valence-corrected chi connectivity index (χ1v) is 7.58. The van der Waals surface area contributed by atoms with Gasteiger partial charge >= 0.3 is 5.97 Å². The van der Waals surface area contributed by atoms with Crippen molar-refractivity contribution in [1.29, 1.82) is 0 Å². The summed E-state index contributed by atoms with van der Waals surface area (Å²) in [5.74, 6) is -0.374. The Morgan fingerprint density at radius 1 is 1.14 bits per heavy atom. The van der Waals surface area contributed by atoms with Crippen LogP contribution in [-0.2, 0) is 14.3 Å². The van der Waals surface area contributed by atoms with Gasteiger partial charge in [0, 0.05) is 6.42 Å². The van der Waals surface area contributed by atoms with Crippen molar-refractivity contribution in [3.63, 3.8) is 0 Å². The van der Waals surface area contributed by atoms with Gasteiger partial charge in [-0.1, -0.05) is 32.6 Å². The number of esters is 1. The van der Waals surface area contributed by atoms with Gasteiger partial charge in [0.15, 0.2) is 6.29 Å². The summed E-state index contributed by atoms with van der Waals surface area (Å²) in [6.45, 7) is 1.91. The second-order valence-electron chi connectivity index (χ2n) is 5.47. The highest BCUT2D eigenvalue weighted by Crippen LogP contribution is 2.19. The van der Waals surface area contributed by atoms with E-state index in [0.717, 1.165) is 32.1 Å². The van der Waals surface area contributed by atoms with Crippen LogP contribution in [0.1, 0.15) is 45.4 Å². The molecule has 1 saturated heterocycles. The smallest absolute Gasteiger partial charge is 0.305 e. The highest BCUT2D eigenvalue weighted by molar-refractivity contribution is 5.69. The average molecular weight is 305 g/mol. The van der Waals surface area contributed by atoms with Gasteiger partial charge in [-0.15, -0.1) is 0 Å². The number of carbonyl (C=O) groups is 1. The van der Waals surface area contributed by atoms with Crippen LogP contribution in [0.4, 0.5) is 0 Å². The van der Waals surface area contributed by atoms with E-state index in [4.69, 9.17) is 15.2 Å². The SMILES string of the molecule is CCCCCCCC(=O)OCC1OC(O)C(N)C(O)C1O. The van der Waals surface area contributed by atoms with Crippen molar-refractivity contribution in [2.24, 2.45) is 5.73 Å². The van der Waals surface area contributed by atoms with Crippen LogP contribution in [0.15, 0.2) is 0 Å². The molecule has 1 heterocycles. The van der Waals surface area contributed by atoms with Crippen molar-refractivity contribution >= 4 is 5.97 Å². The van der Waals surface area contributed by atoms with Gasteiger partial charge < -0.3 is 30.5 Å². The molecular weight excluding hydrogens is 278 g/mol. The normalized spacial score (nSPS) is 32.9. The van der Waals surface area contributed by atoms with Crippen LogP contribution in [0.3, 0.4) is 0 Å². The summed E-state index contributed by atoms with van der Waals surface area (Å²) in [5.41, 5.74) is 5.44. The van der Waals surface area contributed by atoms with Crippen molar-refractivity contribution in [1.82, 2.24) is 0 Å². The molecule has 1 aliphatic heterocycles. The highest BCUT2D eigenvalue weighted by atomic mass is 16.6. The van der Waals surface area contributed by atoms with Crippen LogP contribution < -0.4 is 5.73 Å². The van der Waals surface area contributed by atoms with Gasteiger partial charge in [0.25, 0.3) is 0 Å². The zero-order valence-corrected chi connectivity index (χ0v) is 12.5. The van der Waals surface area contributed by atoms with Crippen molar-refractivity contribution in [2.75, 3.05) is 6.61 Å². The Bertz CT molecular complexity index is 314.